The van der Waals surface area contributed by atoms with Gasteiger partial charge in [0.25, 0.3) is 5.91 Å². The zero-order valence-electron chi connectivity index (χ0n) is 13.2. The predicted molar refractivity (Wildman–Crippen MR) is 95.4 cm³/mol. The highest BCUT2D eigenvalue weighted by atomic mass is 35.5. The summed E-state index contributed by atoms with van der Waals surface area (Å²) in [5, 5.41) is 6.22. The van der Waals surface area contributed by atoms with Crippen LogP contribution in [0.2, 0.25) is 5.02 Å². The molecule has 0 radical (unpaired) electrons. The fourth-order valence-electron chi connectivity index (χ4n) is 2.86. The van der Waals surface area contributed by atoms with Crippen LogP contribution in [0, 0.1) is 6.92 Å². The number of carbonyl (C=O) groups is 1. The summed E-state index contributed by atoms with van der Waals surface area (Å²) in [5.41, 5.74) is 1.71. The van der Waals surface area contributed by atoms with E-state index in [-0.39, 0.29) is 5.91 Å². The van der Waals surface area contributed by atoms with Crippen molar-refractivity contribution >= 4 is 39.1 Å². The predicted octanol–water partition coefficient (Wildman–Crippen LogP) is 3.52. The number of aryl methyl sites for hydroxylation is 1. The number of halogens is 1. The van der Waals surface area contributed by atoms with E-state index in [2.05, 4.69) is 5.10 Å². The number of amides is 1. The zero-order valence-corrected chi connectivity index (χ0v) is 14.7. The standard InChI is InChI=1S/C17H16ClN3O2S/c1-11-12-10-15(16(22)20-6-8-23-9-7-20)24-17(12)21(19-11)14-5-3-2-4-13(14)18/h2-5,10H,6-9H2,1H3. The first kappa shape index (κ1) is 15.6. The van der Waals surface area contributed by atoms with Gasteiger partial charge in [-0.3, -0.25) is 4.79 Å². The van der Waals surface area contributed by atoms with Crippen molar-refractivity contribution in [3.05, 3.63) is 45.9 Å². The summed E-state index contributed by atoms with van der Waals surface area (Å²) in [6.45, 7) is 4.43. The van der Waals surface area contributed by atoms with Gasteiger partial charge in [0.1, 0.15) is 4.83 Å². The Kier molecular flexibility index (Phi) is 4.04. The van der Waals surface area contributed by atoms with Crippen LogP contribution in [0.25, 0.3) is 15.9 Å². The molecule has 1 amide bonds. The fraction of sp³-hybridized carbons (Fsp3) is 0.294. The summed E-state index contributed by atoms with van der Waals surface area (Å²) in [7, 11) is 0. The van der Waals surface area contributed by atoms with Crippen molar-refractivity contribution in [3.63, 3.8) is 0 Å². The molecule has 1 aliphatic rings. The summed E-state index contributed by atoms with van der Waals surface area (Å²) in [6, 6.07) is 9.52. The molecule has 4 rings (SSSR count). The van der Waals surface area contributed by atoms with Crippen LogP contribution in [0.1, 0.15) is 15.4 Å². The lowest BCUT2D eigenvalue weighted by Crippen LogP contribution is -2.40. The molecule has 0 unspecified atom stereocenters. The summed E-state index contributed by atoms with van der Waals surface area (Å²) in [6.07, 6.45) is 0. The Morgan fingerprint density at radius 1 is 1.29 bits per heavy atom. The smallest absolute Gasteiger partial charge is 0.264 e. The number of hydrogen-bond donors (Lipinski definition) is 0. The third-order valence-corrected chi connectivity index (χ3v) is 5.55. The van der Waals surface area contributed by atoms with E-state index in [1.165, 1.54) is 11.3 Å². The second-order valence-electron chi connectivity index (χ2n) is 5.68. The first-order valence-electron chi connectivity index (χ1n) is 7.76. The maximum atomic E-state index is 12.7. The van der Waals surface area contributed by atoms with Crippen molar-refractivity contribution in [2.24, 2.45) is 0 Å². The highest BCUT2D eigenvalue weighted by Gasteiger charge is 2.23. The Morgan fingerprint density at radius 2 is 2.04 bits per heavy atom. The third-order valence-electron chi connectivity index (χ3n) is 4.13. The molecule has 124 valence electrons. The maximum absolute atomic E-state index is 12.7. The lowest BCUT2D eigenvalue weighted by molar-refractivity contribution is 0.0306. The molecule has 1 fully saturated rings. The van der Waals surface area contributed by atoms with Gasteiger partial charge in [-0.05, 0) is 25.1 Å². The van der Waals surface area contributed by atoms with E-state index in [0.717, 1.165) is 26.5 Å². The Bertz CT molecular complexity index is 912. The molecule has 1 saturated heterocycles. The van der Waals surface area contributed by atoms with Crippen LogP contribution in [-0.2, 0) is 4.74 Å². The van der Waals surface area contributed by atoms with Gasteiger partial charge in [-0.1, -0.05) is 23.7 Å². The molecule has 2 aromatic heterocycles. The third kappa shape index (κ3) is 2.60. The van der Waals surface area contributed by atoms with Crippen LogP contribution in [-0.4, -0.2) is 46.9 Å². The van der Waals surface area contributed by atoms with Crippen molar-refractivity contribution in [1.82, 2.24) is 14.7 Å². The monoisotopic (exact) mass is 361 g/mol. The molecule has 0 spiro atoms. The number of para-hydroxylation sites is 1. The number of benzene rings is 1. The van der Waals surface area contributed by atoms with E-state index in [9.17, 15) is 4.79 Å². The van der Waals surface area contributed by atoms with Gasteiger partial charge in [-0.2, -0.15) is 5.10 Å². The number of rotatable bonds is 2. The Labute approximate surface area is 148 Å². The van der Waals surface area contributed by atoms with Gasteiger partial charge < -0.3 is 9.64 Å². The average Bonchev–Trinajstić information content (AvgIpc) is 3.17. The second-order valence-corrected chi connectivity index (χ2v) is 7.12. The topological polar surface area (TPSA) is 47.4 Å². The van der Waals surface area contributed by atoms with Crippen LogP contribution >= 0.6 is 22.9 Å². The minimum Gasteiger partial charge on any atom is -0.378 e. The molecule has 5 nitrogen and oxygen atoms in total. The maximum Gasteiger partial charge on any atom is 0.264 e. The fourth-order valence-corrected chi connectivity index (χ4v) is 4.22. The molecule has 0 N–H and O–H groups in total. The van der Waals surface area contributed by atoms with Gasteiger partial charge in [0.05, 0.1) is 34.5 Å². The lowest BCUT2D eigenvalue weighted by Gasteiger charge is -2.26. The number of nitrogens with zero attached hydrogens (tertiary/aromatic N) is 3. The number of ether oxygens (including phenoxy) is 1. The molecule has 0 saturated carbocycles. The van der Waals surface area contributed by atoms with E-state index < -0.39 is 0 Å². The number of fused-ring (bicyclic) bond motifs is 1. The average molecular weight is 362 g/mol. The van der Waals surface area contributed by atoms with Gasteiger partial charge in [0.2, 0.25) is 0 Å². The molecule has 24 heavy (non-hydrogen) atoms. The van der Waals surface area contributed by atoms with Crippen LogP contribution in [0.5, 0.6) is 0 Å². The van der Waals surface area contributed by atoms with Crippen molar-refractivity contribution in [2.75, 3.05) is 26.3 Å². The molecule has 3 heterocycles. The summed E-state index contributed by atoms with van der Waals surface area (Å²) in [5.74, 6) is 0.0598. The van der Waals surface area contributed by atoms with E-state index in [0.29, 0.717) is 31.3 Å². The molecular weight excluding hydrogens is 346 g/mol. The molecule has 0 aliphatic carbocycles. The minimum atomic E-state index is 0.0598. The van der Waals surface area contributed by atoms with Crippen LogP contribution < -0.4 is 0 Å². The molecule has 1 aromatic carbocycles. The Balaban J connectivity index is 1.77. The number of thiophene rings is 1. The van der Waals surface area contributed by atoms with Gasteiger partial charge in [0, 0.05) is 18.5 Å². The van der Waals surface area contributed by atoms with Crippen LogP contribution in [0.4, 0.5) is 0 Å². The van der Waals surface area contributed by atoms with Gasteiger partial charge in [-0.15, -0.1) is 11.3 Å². The molecular formula is C17H16ClN3O2S. The summed E-state index contributed by atoms with van der Waals surface area (Å²) in [4.78, 5) is 16.2. The summed E-state index contributed by atoms with van der Waals surface area (Å²) >= 11 is 7.77. The van der Waals surface area contributed by atoms with E-state index in [1.807, 2.05) is 46.8 Å². The van der Waals surface area contributed by atoms with E-state index in [4.69, 9.17) is 16.3 Å². The minimum absolute atomic E-state index is 0.0598. The van der Waals surface area contributed by atoms with Crippen molar-refractivity contribution < 1.29 is 9.53 Å². The highest BCUT2D eigenvalue weighted by Crippen LogP contribution is 2.33. The normalized spacial score (nSPS) is 15.2. The molecule has 0 atom stereocenters. The largest absolute Gasteiger partial charge is 0.378 e. The molecule has 1 aliphatic heterocycles. The quantitative estimate of drug-likeness (QED) is 0.701. The number of hydrogen-bond acceptors (Lipinski definition) is 4. The van der Waals surface area contributed by atoms with Crippen LogP contribution in [0.15, 0.2) is 30.3 Å². The number of carbonyl (C=O) groups excluding carboxylic acids is 1. The van der Waals surface area contributed by atoms with Gasteiger partial charge in [-0.25, -0.2) is 4.68 Å². The van der Waals surface area contributed by atoms with Crippen molar-refractivity contribution in [2.45, 2.75) is 6.92 Å². The first-order chi connectivity index (χ1) is 11.6. The number of morpholine rings is 1. The second kappa shape index (κ2) is 6.20. The highest BCUT2D eigenvalue weighted by molar-refractivity contribution is 7.20. The zero-order chi connectivity index (χ0) is 16.7. The molecule has 3 aromatic rings. The van der Waals surface area contributed by atoms with Crippen molar-refractivity contribution in [3.8, 4) is 5.69 Å². The van der Waals surface area contributed by atoms with E-state index in [1.54, 1.807) is 0 Å². The van der Waals surface area contributed by atoms with Gasteiger partial charge >= 0.3 is 0 Å². The van der Waals surface area contributed by atoms with Crippen LogP contribution in [0.3, 0.4) is 0 Å². The number of aromatic nitrogens is 2. The lowest BCUT2D eigenvalue weighted by atomic mass is 10.3. The van der Waals surface area contributed by atoms with Gasteiger partial charge in [0.15, 0.2) is 0 Å². The molecule has 7 heteroatoms. The van der Waals surface area contributed by atoms with Crippen molar-refractivity contribution in [1.29, 1.82) is 0 Å². The SMILES string of the molecule is Cc1nn(-c2ccccc2Cl)c2sc(C(=O)N3CCOCC3)cc12. The first-order valence-corrected chi connectivity index (χ1v) is 8.95. The molecule has 0 bridgehead atoms. The Hall–Kier alpha value is -1.89. The van der Waals surface area contributed by atoms with E-state index >= 15 is 0 Å². The summed E-state index contributed by atoms with van der Waals surface area (Å²) < 4.78 is 7.15. The Morgan fingerprint density at radius 3 is 2.79 bits per heavy atom.